The van der Waals surface area contributed by atoms with Crippen LogP contribution < -0.4 is 0 Å². The molecule has 2 unspecified atom stereocenters. The van der Waals surface area contributed by atoms with E-state index in [2.05, 4.69) is 0 Å². The molecule has 0 bridgehead atoms. The van der Waals surface area contributed by atoms with Crippen molar-refractivity contribution in [3.8, 4) is 0 Å². The summed E-state index contributed by atoms with van der Waals surface area (Å²) in [6.45, 7) is 0.847. The van der Waals surface area contributed by atoms with E-state index in [1.165, 1.54) is 0 Å². The average Bonchev–Trinajstić information content (AvgIpc) is 1.77. The first-order valence-corrected chi connectivity index (χ1v) is 2.74. The van der Waals surface area contributed by atoms with Crippen molar-refractivity contribution in [3.05, 3.63) is 0 Å². The van der Waals surface area contributed by atoms with Gasteiger partial charge in [-0.05, 0) is 6.42 Å². The maximum absolute atomic E-state index is 8.85. The van der Waals surface area contributed by atoms with E-state index in [9.17, 15) is 0 Å². The van der Waals surface area contributed by atoms with E-state index in [4.69, 9.17) is 14.9 Å². The third-order valence-electron chi connectivity index (χ3n) is 1.29. The molecule has 1 aliphatic heterocycles. The van der Waals surface area contributed by atoms with Crippen molar-refractivity contribution in [2.75, 3.05) is 13.2 Å². The second-order valence-electron chi connectivity index (χ2n) is 2.00. The standard InChI is InChI=1S/C5H10O3/c6-4-1-2-8-3-5(4)7/h4-7H,1-3H2. The first kappa shape index (κ1) is 6.01. The maximum atomic E-state index is 8.85. The van der Waals surface area contributed by atoms with Crippen LogP contribution >= 0.6 is 0 Å². The van der Waals surface area contributed by atoms with Crippen LogP contribution in [0.5, 0.6) is 0 Å². The van der Waals surface area contributed by atoms with Crippen LogP contribution in [0, 0.1) is 0 Å². The fraction of sp³-hybridized carbons (Fsp3) is 1.00. The Hall–Kier alpha value is -0.120. The van der Waals surface area contributed by atoms with Crippen LogP contribution in [0.15, 0.2) is 0 Å². The summed E-state index contributed by atoms with van der Waals surface area (Å²) in [5, 5.41) is 17.7. The van der Waals surface area contributed by atoms with Crippen molar-refractivity contribution < 1.29 is 14.9 Å². The molecule has 1 rings (SSSR count). The summed E-state index contributed by atoms with van der Waals surface area (Å²) >= 11 is 0. The highest BCUT2D eigenvalue weighted by Crippen LogP contribution is 2.05. The van der Waals surface area contributed by atoms with Gasteiger partial charge >= 0.3 is 0 Å². The predicted octanol–water partition coefficient (Wildman–Crippen LogP) is -0.872. The molecular formula is C5H10O3. The van der Waals surface area contributed by atoms with Gasteiger partial charge < -0.3 is 14.9 Å². The molecule has 8 heavy (non-hydrogen) atoms. The number of hydrogen-bond donors (Lipinski definition) is 2. The van der Waals surface area contributed by atoms with Crippen LogP contribution in [-0.2, 0) is 4.74 Å². The molecule has 3 heteroatoms. The molecule has 0 aromatic carbocycles. The lowest BCUT2D eigenvalue weighted by Crippen LogP contribution is -2.36. The first-order valence-electron chi connectivity index (χ1n) is 2.74. The Bertz CT molecular complexity index is 64.1. The molecule has 0 spiro atoms. The van der Waals surface area contributed by atoms with E-state index in [-0.39, 0.29) is 6.61 Å². The highest BCUT2D eigenvalue weighted by atomic mass is 16.5. The molecule has 2 atom stereocenters. The van der Waals surface area contributed by atoms with Crippen LogP contribution in [0.3, 0.4) is 0 Å². The van der Waals surface area contributed by atoms with Gasteiger partial charge in [0.05, 0.1) is 12.7 Å². The molecule has 2 N–H and O–H groups in total. The van der Waals surface area contributed by atoms with Gasteiger partial charge in [0.15, 0.2) is 0 Å². The lowest BCUT2D eigenvalue weighted by molar-refractivity contribution is -0.0852. The van der Waals surface area contributed by atoms with Crippen molar-refractivity contribution in [2.45, 2.75) is 18.6 Å². The molecule has 1 heterocycles. The molecule has 1 saturated heterocycles. The van der Waals surface area contributed by atoms with Gasteiger partial charge in [-0.3, -0.25) is 0 Å². The smallest absolute Gasteiger partial charge is 0.103 e. The quantitative estimate of drug-likeness (QED) is 0.434. The van der Waals surface area contributed by atoms with Crippen LogP contribution in [0.1, 0.15) is 6.42 Å². The highest BCUT2D eigenvalue weighted by Gasteiger charge is 2.20. The molecular weight excluding hydrogens is 108 g/mol. The van der Waals surface area contributed by atoms with Crippen molar-refractivity contribution in [2.24, 2.45) is 0 Å². The van der Waals surface area contributed by atoms with E-state index in [1.54, 1.807) is 0 Å². The number of rotatable bonds is 0. The SMILES string of the molecule is OC1CCOCC1O. The van der Waals surface area contributed by atoms with E-state index in [1.807, 2.05) is 0 Å². The molecule has 0 amide bonds. The van der Waals surface area contributed by atoms with Crippen molar-refractivity contribution >= 4 is 0 Å². The predicted molar refractivity (Wildman–Crippen MR) is 27.4 cm³/mol. The Labute approximate surface area is 47.9 Å². The molecule has 48 valence electrons. The third kappa shape index (κ3) is 1.18. The Kier molecular flexibility index (Phi) is 1.83. The summed E-state index contributed by atoms with van der Waals surface area (Å²) in [4.78, 5) is 0. The number of aliphatic hydroxyl groups excluding tert-OH is 2. The largest absolute Gasteiger partial charge is 0.390 e. The number of aliphatic hydroxyl groups is 2. The Morgan fingerprint density at radius 1 is 1.25 bits per heavy atom. The Morgan fingerprint density at radius 2 is 2.00 bits per heavy atom. The summed E-state index contributed by atoms with van der Waals surface area (Å²) in [5.74, 6) is 0. The number of hydrogen-bond acceptors (Lipinski definition) is 3. The topological polar surface area (TPSA) is 49.7 Å². The van der Waals surface area contributed by atoms with E-state index in [0.29, 0.717) is 13.0 Å². The first-order chi connectivity index (χ1) is 3.80. The maximum Gasteiger partial charge on any atom is 0.103 e. The zero-order chi connectivity index (χ0) is 5.98. The molecule has 3 nitrogen and oxygen atoms in total. The monoisotopic (exact) mass is 118 g/mol. The van der Waals surface area contributed by atoms with E-state index >= 15 is 0 Å². The summed E-state index contributed by atoms with van der Waals surface area (Å²) in [7, 11) is 0. The third-order valence-corrected chi connectivity index (χ3v) is 1.29. The second kappa shape index (κ2) is 2.44. The van der Waals surface area contributed by atoms with E-state index in [0.717, 1.165) is 0 Å². The molecule has 1 fully saturated rings. The zero-order valence-electron chi connectivity index (χ0n) is 4.58. The molecule has 1 aliphatic rings. The van der Waals surface area contributed by atoms with Gasteiger partial charge in [-0.2, -0.15) is 0 Å². The van der Waals surface area contributed by atoms with Gasteiger partial charge in [-0.1, -0.05) is 0 Å². The van der Waals surface area contributed by atoms with Gasteiger partial charge in [0.2, 0.25) is 0 Å². The number of ether oxygens (including phenoxy) is 1. The molecule has 0 radical (unpaired) electrons. The van der Waals surface area contributed by atoms with Crippen molar-refractivity contribution in [3.63, 3.8) is 0 Å². The summed E-state index contributed by atoms with van der Waals surface area (Å²) in [5.41, 5.74) is 0. The molecule has 0 aromatic rings. The molecule has 0 aromatic heterocycles. The van der Waals surface area contributed by atoms with Crippen molar-refractivity contribution in [1.82, 2.24) is 0 Å². The summed E-state index contributed by atoms with van der Waals surface area (Å²) < 4.78 is 4.84. The van der Waals surface area contributed by atoms with Gasteiger partial charge in [0.25, 0.3) is 0 Å². The Morgan fingerprint density at radius 3 is 2.38 bits per heavy atom. The Balaban J connectivity index is 2.28. The van der Waals surface area contributed by atoms with Crippen LogP contribution in [-0.4, -0.2) is 35.6 Å². The normalized spacial score (nSPS) is 39.8. The van der Waals surface area contributed by atoms with Crippen LogP contribution in [0.25, 0.3) is 0 Å². The van der Waals surface area contributed by atoms with Gasteiger partial charge in [-0.25, -0.2) is 0 Å². The van der Waals surface area contributed by atoms with E-state index < -0.39 is 12.2 Å². The van der Waals surface area contributed by atoms with Crippen LogP contribution in [0.4, 0.5) is 0 Å². The zero-order valence-corrected chi connectivity index (χ0v) is 4.58. The minimum Gasteiger partial charge on any atom is -0.390 e. The van der Waals surface area contributed by atoms with Crippen molar-refractivity contribution in [1.29, 1.82) is 0 Å². The molecule has 0 aliphatic carbocycles. The lowest BCUT2D eigenvalue weighted by Gasteiger charge is -2.22. The highest BCUT2D eigenvalue weighted by molar-refractivity contribution is 4.69. The van der Waals surface area contributed by atoms with Gasteiger partial charge in [0, 0.05) is 6.61 Å². The van der Waals surface area contributed by atoms with Crippen LogP contribution in [0.2, 0.25) is 0 Å². The minimum absolute atomic E-state index is 0.279. The van der Waals surface area contributed by atoms with Gasteiger partial charge in [0.1, 0.15) is 6.10 Å². The molecule has 0 saturated carbocycles. The summed E-state index contributed by atoms with van der Waals surface area (Å²) in [6, 6.07) is 0. The minimum atomic E-state index is -0.663. The van der Waals surface area contributed by atoms with Gasteiger partial charge in [-0.15, -0.1) is 0 Å². The average molecular weight is 118 g/mol. The summed E-state index contributed by atoms with van der Waals surface area (Å²) in [6.07, 6.45) is -0.672. The second-order valence-corrected chi connectivity index (χ2v) is 2.00. The fourth-order valence-corrected chi connectivity index (χ4v) is 0.712. The lowest BCUT2D eigenvalue weighted by atomic mass is 10.1. The fourth-order valence-electron chi connectivity index (χ4n) is 0.712.